The maximum Gasteiger partial charge on any atom is 0.0821 e. The second kappa shape index (κ2) is 6.73. The van der Waals surface area contributed by atoms with Gasteiger partial charge in [0.05, 0.1) is 6.10 Å². The van der Waals surface area contributed by atoms with Gasteiger partial charge in [-0.2, -0.15) is 0 Å². The third kappa shape index (κ3) is 3.42. The number of hydrogen-bond donors (Lipinski definition) is 2. The van der Waals surface area contributed by atoms with E-state index in [1.165, 1.54) is 11.1 Å². The lowest BCUT2D eigenvalue weighted by Crippen LogP contribution is -2.31. The van der Waals surface area contributed by atoms with Crippen molar-refractivity contribution in [1.82, 2.24) is 5.32 Å². The minimum atomic E-state index is -0.310. The Morgan fingerprint density at radius 1 is 1.00 bits per heavy atom. The highest BCUT2D eigenvalue weighted by Crippen LogP contribution is 2.35. The third-order valence-electron chi connectivity index (χ3n) is 4.55. The zero-order valence-corrected chi connectivity index (χ0v) is 13.3. The molecule has 0 radical (unpaired) electrons. The summed E-state index contributed by atoms with van der Waals surface area (Å²) in [6.45, 7) is 11.0. The zero-order chi connectivity index (χ0) is 14.7. The Balaban J connectivity index is 2.29. The van der Waals surface area contributed by atoms with E-state index in [0.717, 1.165) is 31.5 Å². The molecule has 2 N–H and O–H groups in total. The average Bonchev–Trinajstić information content (AvgIpc) is 2.46. The van der Waals surface area contributed by atoms with Gasteiger partial charge in [0, 0.05) is 0 Å². The minimum absolute atomic E-state index is 0.310. The van der Waals surface area contributed by atoms with Crippen molar-refractivity contribution in [1.29, 1.82) is 0 Å². The molecular weight excluding hydrogens is 246 g/mol. The lowest BCUT2D eigenvalue weighted by Gasteiger charge is -2.29. The van der Waals surface area contributed by atoms with E-state index in [4.69, 9.17) is 0 Å². The van der Waals surface area contributed by atoms with Gasteiger partial charge >= 0.3 is 0 Å². The summed E-state index contributed by atoms with van der Waals surface area (Å²) in [4.78, 5) is 0. The summed E-state index contributed by atoms with van der Waals surface area (Å²) in [6.07, 6.45) is 1.84. The van der Waals surface area contributed by atoms with Crippen LogP contribution >= 0.6 is 0 Å². The number of nitrogens with one attached hydrogen (secondary N) is 1. The summed E-state index contributed by atoms with van der Waals surface area (Å²) in [7, 11) is 0. The molecule has 0 aromatic heterocycles. The number of aliphatic hydroxyl groups excluding tert-OH is 1. The van der Waals surface area contributed by atoms with Crippen molar-refractivity contribution in [3.63, 3.8) is 0 Å². The summed E-state index contributed by atoms with van der Waals surface area (Å²) in [5, 5.41) is 14.1. The Labute approximate surface area is 123 Å². The molecule has 1 aliphatic heterocycles. The van der Waals surface area contributed by atoms with E-state index >= 15 is 0 Å². The monoisotopic (exact) mass is 275 g/mol. The lowest BCUT2D eigenvalue weighted by atomic mass is 9.82. The van der Waals surface area contributed by atoms with Gasteiger partial charge in [-0.1, -0.05) is 45.9 Å². The molecule has 0 saturated carbocycles. The van der Waals surface area contributed by atoms with Gasteiger partial charge in [-0.25, -0.2) is 0 Å². The Kier molecular flexibility index (Phi) is 5.22. The van der Waals surface area contributed by atoms with E-state index in [-0.39, 0.29) is 6.10 Å². The van der Waals surface area contributed by atoms with E-state index in [1.54, 1.807) is 0 Å². The molecule has 0 aliphatic carbocycles. The van der Waals surface area contributed by atoms with Crippen molar-refractivity contribution >= 4 is 0 Å². The van der Waals surface area contributed by atoms with Crippen LogP contribution in [0.5, 0.6) is 0 Å². The molecule has 1 aliphatic rings. The van der Waals surface area contributed by atoms with Crippen molar-refractivity contribution in [2.45, 2.75) is 58.5 Å². The molecule has 0 amide bonds. The molecule has 1 fully saturated rings. The highest BCUT2D eigenvalue weighted by atomic mass is 16.3. The molecule has 2 rings (SSSR count). The molecule has 0 bridgehead atoms. The van der Waals surface area contributed by atoms with Crippen LogP contribution in [0.1, 0.15) is 75.2 Å². The predicted molar refractivity (Wildman–Crippen MR) is 85.2 cm³/mol. The summed E-state index contributed by atoms with van der Waals surface area (Å²) in [6, 6.07) is 6.66. The average molecular weight is 275 g/mol. The number of aliphatic hydroxyl groups is 1. The van der Waals surface area contributed by atoms with Gasteiger partial charge in [0.25, 0.3) is 0 Å². The fourth-order valence-electron chi connectivity index (χ4n) is 3.14. The van der Waals surface area contributed by atoms with Crippen LogP contribution in [0.15, 0.2) is 18.2 Å². The van der Waals surface area contributed by atoms with Gasteiger partial charge in [-0.3, -0.25) is 0 Å². The smallest absolute Gasteiger partial charge is 0.0821 e. The third-order valence-corrected chi connectivity index (χ3v) is 4.55. The van der Waals surface area contributed by atoms with Crippen LogP contribution in [-0.2, 0) is 0 Å². The van der Waals surface area contributed by atoms with Crippen LogP contribution in [0.2, 0.25) is 0 Å². The number of benzene rings is 1. The molecule has 2 heteroatoms. The Morgan fingerprint density at radius 3 is 2.20 bits per heavy atom. The fraction of sp³-hybridized carbons (Fsp3) is 0.667. The number of piperidine rings is 1. The first-order valence-electron chi connectivity index (χ1n) is 8.03. The van der Waals surface area contributed by atoms with E-state index in [2.05, 4.69) is 51.2 Å². The van der Waals surface area contributed by atoms with Gasteiger partial charge in [-0.05, 0) is 60.4 Å². The molecule has 1 unspecified atom stereocenters. The zero-order valence-electron chi connectivity index (χ0n) is 13.3. The normalized spacial score (nSPS) is 18.8. The molecule has 1 atom stereocenters. The predicted octanol–water partition coefficient (Wildman–Crippen LogP) is 3.97. The first-order valence-corrected chi connectivity index (χ1v) is 8.03. The fourth-order valence-corrected chi connectivity index (χ4v) is 3.14. The largest absolute Gasteiger partial charge is 0.388 e. The molecule has 0 spiro atoms. The summed E-state index contributed by atoms with van der Waals surface area (Å²) in [5.74, 6) is 1.40. The SMILES string of the molecule is CC(C)c1ccc(C(O)C2CCNCC2)c(C(C)C)c1. The van der Waals surface area contributed by atoms with Gasteiger partial charge in [0.1, 0.15) is 0 Å². The van der Waals surface area contributed by atoms with Crippen LogP contribution in [0, 0.1) is 5.92 Å². The summed E-state index contributed by atoms with van der Waals surface area (Å²) >= 11 is 0. The maximum atomic E-state index is 10.8. The molecule has 112 valence electrons. The molecule has 1 saturated heterocycles. The van der Waals surface area contributed by atoms with E-state index in [9.17, 15) is 5.11 Å². The van der Waals surface area contributed by atoms with E-state index in [1.807, 2.05) is 0 Å². The summed E-state index contributed by atoms with van der Waals surface area (Å²) in [5.41, 5.74) is 3.84. The highest BCUT2D eigenvalue weighted by molar-refractivity contribution is 5.37. The molecule has 20 heavy (non-hydrogen) atoms. The molecule has 1 heterocycles. The lowest BCUT2D eigenvalue weighted by molar-refractivity contribution is 0.0879. The van der Waals surface area contributed by atoms with Crippen LogP contribution in [0.4, 0.5) is 0 Å². The van der Waals surface area contributed by atoms with Crippen molar-refractivity contribution in [2.24, 2.45) is 5.92 Å². The van der Waals surface area contributed by atoms with Crippen molar-refractivity contribution < 1.29 is 5.11 Å². The summed E-state index contributed by atoms with van der Waals surface area (Å²) < 4.78 is 0. The first-order chi connectivity index (χ1) is 9.50. The molecule has 1 aromatic carbocycles. The molecule has 1 aromatic rings. The Morgan fingerprint density at radius 2 is 1.65 bits per heavy atom. The number of hydrogen-bond acceptors (Lipinski definition) is 2. The van der Waals surface area contributed by atoms with Crippen LogP contribution in [-0.4, -0.2) is 18.2 Å². The van der Waals surface area contributed by atoms with Crippen LogP contribution in [0.3, 0.4) is 0 Å². The Hall–Kier alpha value is -0.860. The van der Waals surface area contributed by atoms with E-state index in [0.29, 0.717) is 17.8 Å². The number of rotatable bonds is 4. The van der Waals surface area contributed by atoms with Gasteiger partial charge in [-0.15, -0.1) is 0 Å². The van der Waals surface area contributed by atoms with E-state index < -0.39 is 0 Å². The topological polar surface area (TPSA) is 32.3 Å². The highest BCUT2D eigenvalue weighted by Gasteiger charge is 2.25. The van der Waals surface area contributed by atoms with Crippen molar-refractivity contribution in [3.05, 3.63) is 34.9 Å². The first kappa shape index (κ1) is 15.5. The molecular formula is C18H29NO. The second-order valence-electron chi connectivity index (χ2n) is 6.73. The quantitative estimate of drug-likeness (QED) is 0.871. The second-order valence-corrected chi connectivity index (χ2v) is 6.73. The Bertz CT molecular complexity index is 433. The van der Waals surface area contributed by atoms with Gasteiger partial charge in [0.15, 0.2) is 0 Å². The van der Waals surface area contributed by atoms with Gasteiger partial charge in [0.2, 0.25) is 0 Å². The molecule has 2 nitrogen and oxygen atoms in total. The van der Waals surface area contributed by atoms with Crippen LogP contribution in [0.25, 0.3) is 0 Å². The van der Waals surface area contributed by atoms with Crippen molar-refractivity contribution in [3.8, 4) is 0 Å². The van der Waals surface area contributed by atoms with Gasteiger partial charge < -0.3 is 10.4 Å². The maximum absolute atomic E-state index is 10.8. The van der Waals surface area contributed by atoms with Crippen LogP contribution < -0.4 is 5.32 Å². The van der Waals surface area contributed by atoms with Crippen molar-refractivity contribution in [2.75, 3.05) is 13.1 Å². The standard InChI is InChI=1S/C18H29NO/c1-12(2)15-5-6-16(17(11-15)13(3)4)18(20)14-7-9-19-10-8-14/h5-6,11-14,18-20H,7-10H2,1-4H3. The minimum Gasteiger partial charge on any atom is -0.388 e.